The van der Waals surface area contributed by atoms with Crippen LogP contribution < -0.4 is 15.8 Å². The normalized spacial score (nSPS) is 11.3. The van der Waals surface area contributed by atoms with Crippen LogP contribution in [0.1, 0.15) is 15.9 Å². The molecule has 3 aromatic carbocycles. The number of nitrogens with one attached hydrogen (secondary N) is 1. The highest BCUT2D eigenvalue weighted by atomic mass is 19.4. The molecular formula is C23H16F3N3O2. The number of fused-ring (bicyclic) bond motifs is 1. The number of halogens is 3. The third-order valence-electron chi connectivity index (χ3n) is 4.52. The Morgan fingerprint density at radius 1 is 0.968 bits per heavy atom. The van der Waals surface area contributed by atoms with E-state index in [-0.39, 0.29) is 11.3 Å². The number of nitrogen functional groups attached to an aromatic ring is 1. The Hall–Kier alpha value is -4.07. The van der Waals surface area contributed by atoms with E-state index in [1.54, 1.807) is 42.6 Å². The molecule has 8 heteroatoms. The van der Waals surface area contributed by atoms with Crippen molar-refractivity contribution in [3.63, 3.8) is 0 Å². The Kier molecular flexibility index (Phi) is 5.21. The second-order valence-electron chi connectivity index (χ2n) is 6.72. The maximum atomic E-state index is 13.3. The number of aromatic nitrogens is 1. The molecule has 1 amide bonds. The van der Waals surface area contributed by atoms with Crippen molar-refractivity contribution in [2.24, 2.45) is 0 Å². The smallest absolute Gasteiger partial charge is 0.416 e. The molecule has 0 aliphatic heterocycles. The number of rotatable bonds is 4. The largest absolute Gasteiger partial charge is 0.456 e. The van der Waals surface area contributed by atoms with Crippen LogP contribution in [0.25, 0.3) is 10.9 Å². The van der Waals surface area contributed by atoms with Gasteiger partial charge >= 0.3 is 6.18 Å². The quantitative estimate of drug-likeness (QED) is 0.402. The van der Waals surface area contributed by atoms with Crippen molar-refractivity contribution in [2.75, 3.05) is 11.1 Å². The molecule has 0 atom stereocenters. The monoisotopic (exact) mass is 423 g/mol. The van der Waals surface area contributed by atoms with E-state index < -0.39 is 17.6 Å². The van der Waals surface area contributed by atoms with Gasteiger partial charge in [0.2, 0.25) is 0 Å². The van der Waals surface area contributed by atoms with E-state index in [0.717, 1.165) is 23.6 Å². The lowest BCUT2D eigenvalue weighted by atomic mass is 10.1. The van der Waals surface area contributed by atoms with Crippen LogP contribution in [0, 0.1) is 0 Å². The van der Waals surface area contributed by atoms with Crippen molar-refractivity contribution < 1.29 is 22.7 Å². The van der Waals surface area contributed by atoms with Crippen LogP contribution in [0.15, 0.2) is 79.0 Å². The number of anilines is 2. The maximum Gasteiger partial charge on any atom is 0.416 e. The fourth-order valence-electron chi connectivity index (χ4n) is 3.07. The molecule has 0 spiro atoms. The Morgan fingerprint density at radius 3 is 2.52 bits per heavy atom. The first-order valence-electron chi connectivity index (χ1n) is 9.21. The van der Waals surface area contributed by atoms with Gasteiger partial charge in [0.25, 0.3) is 5.91 Å². The highest BCUT2D eigenvalue weighted by molar-refractivity contribution is 6.09. The zero-order valence-electron chi connectivity index (χ0n) is 16.0. The number of carbonyl (C=O) groups is 1. The second kappa shape index (κ2) is 7.98. The maximum absolute atomic E-state index is 13.3. The average Bonchev–Trinajstić information content (AvgIpc) is 2.73. The second-order valence-corrected chi connectivity index (χ2v) is 6.72. The van der Waals surface area contributed by atoms with Gasteiger partial charge in [-0.25, -0.2) is 0 Å². The summed E-state index contributed by atoms with van der Waals surface area (Å²) in [4.78, 5) is 17.2. The first-order valence-corrected chi connectivity index (χ1v) is 9.21. The van der Waals surface area contributed by atoms with Crippen LogP contribution in [-0.4, -0.2) is 10.9 Å². The minimum absolute atomic E-state index is 0.0377. The van der Waals surface area contributed by atoms with Crippen LogP contribution in [0.5, 0.6) is 11.5 Å². The van der Waals surface area contributed by atoms with Gasteiger partial charge in [0.1, 0.15) is 11.5 Å². The van der Waals surface area contributed by atoms with Gasteiger partial charge < -0.3 is 15.8 Å². The molecule has 0 bridgehead atoms. The number of pyridine rings is 1. The standard InChI is InChI=1S/C23H16F3N3O2/c24-23(25,26)15-9-10-20(31-17-7-2-6-16(27)13-17)18(12-15)22(30)29-19-8-1-4-14-5-3-11-28-21(14)19/h1-13H,27H2,(H,29,30). The summed E-state index contributed by atoms with van der Waals surface area (Å²) < 4.78 is 45.5. The predicted octanol–water partition coefficient (Wildman–Crippen LogP) is 5.88. The number of carbonyl (C=O) groups excluding carboxylic acids is 1. The van der Waals surface area contributed by atoms with Gasteiger partial charge in [-0.15, -0.1) is 0 Å². The summed E-state index contributed by atoms with van der Waals surface area (Å²) in [5, 5.41) is 3.42. The number of hydrogen-bond acceptors (Lipinski definition) is 4. The predicted molar refractivity (Wildman–Crippen MR) is 112 cm³/mol. The van der Waals surface area contributed by atoms with Crippen molar-refractivity contribution >= 4 is 28.2 Å². The third kappa shape index (κ3) is 4.42. The van der Waals surface area contributed by atoms with Gasteiger partial charge in [-0.3, -0.25) is 9.78 Å². The summed E-state index contributed by atoms with van der Waals surface area (Å²) in [5.41, 5.74) is 5.80. The van der Waals surface area contributed by atoms with Crippen molar-refractivity contribution in [1.29, 1.82) is 0 Å². The van der Waals surface area contributed by atoms with E-state index in [0.29, 0.717) is 22.6 Å². The number of para-hydroxylation sites is 1. The molecule has 1 aromatic heterocycles. The highest BCUT2D eigenvalue weighted by Gasteiger charge is 2.32. The van der Waals surface area contributed by atoms with E-state index in [1.807, 2.05) is 12.1 Å². The molecule has 156 valence electrons. The Bertz CT molecular complexity index is 1270. The van der Waals surface area contributed by atoms with Crippen molar-refractivity contribution in [2.45, 2.75) is 6.18 Å². The first-order chi connectivity index (χ1) is 14.8. The number of amides is 1. The Balaban J connectivity index is 1.74. The SMILES string of the molecule is Nc1cccc(Oc2ccc(C(F)(F)F)cc2C(=O)Nc2cccc3cccnc23)c1. The molecular weight excluding hydrogens is 407 g/mol. The van der Waals surface area contributed by atoms with Gasteiger partial charge in [-0.2, -0.15) is 13.2 Å². The third-order valence-corrected chi connectivity index (χ3v) is 4.52. The number of hydrogen-bond donors (Lipinski definition) is 2. The Morgan fingerprint density at radius 2 is 1.74 bits per heavy atom. The average molecular weight is 423 g/mol. The van der Waals surface area contributed by atoms with E-state index >= 15 is 0 Å². The molecule has 0 saturated carbocycles. The van der Waals surface area contributed by atoms with Gasteiger partial charge in [0.05, 0.1) is 22.3 Å². The molecule has 0 fully saturated rings. The van der Waals surface area contributed by atoms with Gasteiger partial charge in [-0.05, 0) is 42.5 Å². The molecule has 0 radical (unpaired) electrons. The number of alkyl halides is 3. The summed E-state index contributed by atoms with van der Waals surface area (Å²) >= 11 is 0. The minimum Gasteiger partial charge on any atom is -0.456 e. The number of ether oxygens (including phenoxy) is 1. The lowest BCUT2D eigenvalue weighted by molar-refractivity contribution is -0.137. The van der Waals surface area contributed by atoms with E-state index in [4.69, 9.17) is 10.5 Å². The molecule has 4 rings (SSSR count). The van der Waals surface area contributed by atoms with Gasteiger partial charge in [0, 0.05) is 23.3 Å². The van der Waals surface area contributed by atoms with E-state index in [1.165, 1.54) is 6.07 Å². The lowest BCUT2D eigenvalue weighted by Gasteiger charge is -2.15. The molecule has 4 aromatic rings. The van der Waals surface area contributed by atoms with Gasteiger partial charge in [0.15, 0.2) is 0 Å². The molecule has 1 heterocycles. The topological polar surface area (TPSA) is 77.2 Å². The fraction of sp³-hybridized carbons (Fsp3) is 0.0435. The van der Waals surface area contributed by atoms with Crippen molar-refractivity contribution in [3.8, 4) is 11.5 Å². The number of nitrogens with zero attached hydrogens (tertiary/aromatic N) is 1. The molecule has 0 aliphatic carbocycles. The lowest BCUT2D eigenvalue weighted by Crippen LogP contribution is -2.15. The van der Waals surface area contributed by atoms with E-state index in [9.17, 15) is 18.0 Å². The zero-order chi connectivity index (χ0) is 22.0. The highest BCUT2D eigenvalue weighted by Crippen LogP contribution is 2.35. The number of nitrogens with two attached hydrogens (primary N) is 1. The van der Waals surface area contributed by atoms with Crippen molar-refractivity contribution in [3.05, 3.63) is 90.1 Å². The molecule has 0 saturated heterocycles. The summed E-state index contributed by atoms with van der Waals surface area (Å²) in [6.45, 7) is 0. The fourth-order valence-corrected chi connectivity index (χ4v) is 3.07. The summed E-state index contributed by atoms with van der Waals surface area (Å²) in [6, 6.07) is 17.8. The van der Waals surface area contributed by atoms with E-state index in [2.05, 4.69) is 10.3 Å². The molecule has 0 unspecified atom stereocenters. The molecule has 3 N–H and O–H groups in total. The van der Waals surface area contributed by atoms with Crippen LogP contribution in [0.2, 0.25) is 0 Å². The van der Waals surface area contributed by atoms with Crippen LogP contribution in [0.3, 0.4) is 0 Å². The zero-order valence-corrected chi connectivity index (χ0v) is 16.0. The van der Waals surface area contributed by atoms with Gasteiger partial charge in [-0.1, -0.05) is 24.3 Å². The molecule has 0 aliphatic rings. The molecule has 5 nitrogen and oxygen atoms in total. The summed E-state index contributed by atoms with van der Waals surface area (Å²) in [7, 11) is 0. The summed E-state index contributed by atoms with van der Waals surface area (Å²) in [6.07, 6.45) is -3.05. The first kappa shape index (κ1) is 20.2. The van der Waals surface area contributed by atoms with Crippen LogP contribution >= 0.6 is 0 Å². The number of benzene rings is 3. The van der Waals surface area contributed by atoms with Crippen LogP contribution in [-0.2, 0) is 6.18 Å². The molecule has 31 heavy (non-hydrogen) atoms. The summed E-state index contributed by atoms with van der Waals surface area (Å²) in [5.74, 6) is -0.506. The van der Waals surface area contributed by atoms with Crippen LogP contribution in [0.4, 0.5) is 24.5 Å². The Labute approximate surface area is 175 Å². The minimum atomic E-state index is -4.62. The van der Waals surface area contributed by atoms with Crippen molar-refractivity contribution in [1.82, 2.24) is 4.98 Å².